The van der Waals surface area contributed by atoms with Crippen molar-refractivity contribution in [2.75, 3.05) is 0 Å². The van der Waals surface area contributed by atoms with Gasteiger partial charge in [-0.05, 0) is 12.0 Å². The molecule has 0 bridgehead atoms. The van der Waals surface area contributed by atoms with Gasteiger partial charge in [-0.15, -0.1) is 0 Å². The highest BCUT2D eigenvalue weighted by molar-refractivity contribution is 5.66. The Morgan fingerprint density at radius 2 is 2.00 bits per heavy atom. The first-order valence-electron chi connectivity index (χ1n) is 4.83. The van der Waals surface area contributed by atoms with Gasteiger partial charge in [0.25, 0.3) is 0 Å². The van der Waals surface area contributed by atoms with Crippen LogP contribution in [0.4, 0.5) is 0 Å². The molecule has 1 aromatic carbocycles. The Labute approximate surface area is 90.0 Å². The molecule has 0 spiro atoms. The molecular formula is C12H15NO2. The summed E-state index contributed by atoms with van der Waals surface area (Å²) in [6.07, 6.45) is 1.54. The van der Waals surface area contributed by atoms with E-state index in [9.17, 15) is 4.79 Å². The van der Waals surface area contributed by atoms with E-state index < -0.39 is 5.97 Å². The van der Waals surface area contributed by atoms with Crippen LogP contribution in [0.15, 0.2) is 30.3 Å². The smallest absolute Gasteiger partial charge is 0.303 e. The number of hydrogen-bond acceptors (Lipinski definition) is 2. The first-order chi connectivity index (χ1) is 7.20. The Morgan fingerprint density at radius 3 is 2.33 bits per heavy atom. The van der Waals surface area contributed by atoms with Crippen LogP contribution in [0.5, 0.6) is 0 Å². The van der Waals surface area contributed by atoms with E-state index in [0.29, 0.717) is 12.8 Å². The fourth-order valence-corrected chi connectivity index (χ4v) is 0.901. The van der Waals surface area contributed by atoms with Crippen LogP contribution in [0.3, 0.4) is 0 Å². The van der Waals surface area contributed by atoms with Gasteiger partial charge in [-0.3, -0.25) is 4.79 Å². The molecule has 0 saturated carbocycles. The predicted octanol–water partition coefficient (Wildman–Crippen LogP) is 2.62. The van der Waals surface area contributed by atoms with E-state index in [4.69, 9.17) is 10.4 Å². The molecule has 1 rings (SSSR count). The third-order valence-electron chi connectivity index (χ3n) is 1.59. The Kier molecular flexibility index (Phi) is 7.70. The van der Waals surface area contributed by atoms with Crippen LogP contribution in [0.2, 0.25) is 0 Å². The van der Waals surface area contributed by atoms with Crippen molar-refractivity contribution in [3.05, 3.63) is 35.9 Å². The topological polar surface area (TPSA) is 61.1 Å². The predicted molar refractivity (Wildman–Crippen MR) is 58.3 cm³/mol. The summed E-state index contributed by atoms with van der Waals surface area (Å²) in [6, 6.07) is 11.8. The summed E-state index contributed by atoms with van der Waals surface area (Å²) in [7, 11) is 0. The third kappa shape index (κ3) is 8.51. The zero-order valence-corrected chi connectivity index (χ0v) is 8.81. The van der Waals surface area contributed by atoms with Gasteiger partial charge in [-0.2, -0.15) is 5.26 Å². The van der Waals surface area contributed by atoms with Crippen molar-refractivity contribution in [1.29, 1.82) is 5.26 Å². The van der Waals surface area contributed by atoms with Crippen molar-refractivity contribution in [3.8, 4) is 6.07 Å². The Hall–Kier alpha value is -1.82. The maximum Gasteiger partial charge on any atom is 0.303 e. The molecule has 0 saturated heterocycles. The van der Waals surface area contributed by atoms with E-state index in [2.05, 4.69) is 6.07 Å². The average molecular weight is 205 g/mol. The molecule has 3 nitrogen and oxygen atoms in total. The van der Waals surface area contributed by atoms with Gasteiger partial charge in [0.1, 0.15) is 0 Å². The first kappa shape index (κ1) is 13.2. The number of hydrogen-bond donors (Lipinski definition) is 1. The van der Waals surface area contributed by atoms with Crippen LogP contribution < -0.4 is 0 Å². The summed E-state index contributed by atoms with van der Waals surface area (Å²) >= 11 is 0. The lowest BCUT2D eigenvalue weighted by Gasteiger charge is -1.88. The van der Waals surface area contributed by atoms with Crippen molar-refractivity contribution in [2.45, 2.75) is 26.2 Å². The number of nitrogens with zero attached hydrogens (tertiary/aromatic N) is 1. The lowest BCUT2D eigenvalue weighted by Crippen LogP contribution is -1.90. The third-order valence-corrected chi connectivity index (χ3v) is 1.59. The van der Waals surface area contributed by atoms with Crippen LogP contribution >= 0.6 is 0 Å². The molecule has 1 N–H and O–H groups in total. The minimum atomic E-state index is -0.711. The number of benzene rings is 1. The molecule has 1 aromatic rings. The standard InChI is InChI=1S/C8H7N.C4H8O2/c9-7-6-8-4-2-1-3-5-8;1-2-3-4(5)6/h1-5H,6H2;2-3H2,1H3,(H,5,6). The molecule has 0 fully saturated rings. The largest absolute Gasteiger partial charge is 0.481 e. The number of aliphatic carboxylic acids is 1. The highest BCUT2D eigenvalue weighted by Crippen LogP contribution is 1.96. The fourth-order valence-electron chi connectivity index (χ4n) is 0.901. The van der Waals surface area contributed by atoms with Gasteiger partial charge >= 0.3 is 5.97 Å². The molecule has 0 aliphatic heterocycles. The highest BCUT2D eigenvalue weighted by atomic mass is 16.4. The molecule has 0 unspecified atom stereocenters. The van der Waals surface area contributed by atoms with E-state index in [0.717, 1.165) is 12.0 Å². The van der Waals surface area contributed by atoms with Crippen LogP contribution in [-0.4, -0.2) is 11.1 Å². The number of nitriles is 1. The van der Waals surface area contributed by atoms with Gasteiger partial charge < -0.3 is 5.11 Å². The number of carbonyl (C=O) groups is 1. The Bertz CT molecular complexity index is 314. The van der Waals surface area contributed by atoms with Gasteiger partial charge in [0.15, 0.2) is 0 Å². The van der Waals surface area contributed by atoms with Crippen LogP contribution in [0, 0.1) is 11.3 Å². The summed E-state index contributed by atoms with van der Waals surface area (Å²) in [4.78, 5) is 9.60. The Balaban J connectivity index is 0.000000288. The van der Waals surface area contributed by atoms with Gasteiger partial charge in [0.2, 0.25) is 0 Å². The maximum absolute atomic E-state index is 9.60. The number of carboxylic acid groups (broad SMARTS) is 1. The summed E-state index contributed by atoms with van der Waals surface area (Å²) in [6.45, 7) is 1.84. The van der Waals surface area contributed by atoms with Gasteiger partial charge in [-0.1, -0.05) is 37.3 Å². The fraction of sp³-hybridized carbons (Fsp3) is 0.333. The SMILES string of the molecule is CCCC(=O)O.N#CCc1ccccc1. The van der Waals surface area contributed by atoms with E-state index in [1.165, 1.54) is 0 Å². The van der Waals surface area contributed by atoms with Crippen LogP contribution in [0.25, 0.3) is 0 Å². The molecule has 15 heavy (non-hydrogen) atoms. The molecule has 0 atom stereocenters. The van der Waals surface area contributed by atoms with E-state index in [1.807, 2.05) is 37.3 Å². The number of rotatable bonds is 3. The van der Waals surface area contributed by atoms with E-state index >= 15 is 0 Å². The second-order valence-electron chi connectivity index (χ2n) is 2.96. The summed E-state index contributed by atoms with van der Waals surface area (Å²) in [5.41, 5.74) is 1.08. The minimum Gasteiger partial charge on any atom is -0.481 e. The second-order valence-corrected chi connectivity index (χ2v) is 2.96. The van der Waals surface area contributed by atoms with E-state index in [-0.39, 0.29) is 0 Å². The van der Waals surface area contributed by atoms with E-state index in [1.54, 1.807) is 0 Å². The molecule has 0 radical (unpaired) electrons. The minimum absolute atomic E-state index is 0.292. The normalized spacial score (nSPS) is 8.27. The molecule has 0 aliphatic rings. The molecule has 0 heterocycles. The molecule has 0 aliphatic carbocycles. The van der Waals surface area contributed by atoms with Crippen LogP contribution in [-0.2, 0) is 11.2 Å². The van der Waals surface area contributed by atoms with Gasteiger partial charge in [0, 0.05) is 6.42 Å². The Morgan fingerprint density at radius 1 is 1.40 bits per heavy atom. The maximum atomic E-state index is 9.60. The second kappa shape index (κ2) is 8.76. The lowest BCUT2D eigenvalue weighted by molar-refractivity contribution is -0.137. The van der Waals surface area contributed by atoms with Crippen LogP contribution in [0.1, 0.15) is 25.3 Å². The molecule has 0 amide bonds. The number of carboxylic acids is 1. The summed E-state index contributed by atoms with van der Waals surface area (Å²) in [5, 5.41) is 16.2. The highest BCUT2D eigenvalue weighted by Gasteiger charge is 1.87. The zero-order valence-electron chi connectivity index (χ0n) is 8.81. The van der Waals surface area contributed by atoms with Crippen molar-refractivity contribution in [1.82, 2.24) is 0 Å². The average Bonchev–Trinajstić information content (AvgIpc) is 2.20. The van der Waals surface area contributed by atoms with Crippen molar-refractivity contribution in [2.24, 2.45) is 0 Å². The van der Waals surface area contributed by atoms with Crippen molar-refractivity contribution < 1.29 is 9.90 Å². The molecule has 80 valence electrons. The first-order valence-corrected chi connectivity index (χ1v) is 4.83. The lowest BCUT2D eigenvalue weighted by atomic mass is 10.2. The molecular weight excluding hydrogens is 190 g/mol. The molecule has 0 aromatic heterocycles. The molecule has 3 heteroatoms. The van der Waals surface area contributed by atoms with Crippen molar-refractivity contribution >= 4 is 5.97 Å². The summed E-state index contributed by atoms with van der Waals surface area (Å²) < 4.78 is 0. The van der Waals surface area contributed by atoms with Gasteiger partial charge in [0.05, 0.1) is 12.5 Å². The summed E-state index contributed by atoms with van der Waals surface area (Å²) in [5.74, 6) is -0.711. The zero-order chi connectivity index (χ0) is 11.5. The van der Waals surface area contributed by atoms with Gasteiger partial charge in [-0.25, -0.2) is 0 Å². The van der Waals surface area contributed by atoms with Crippen molar-refractivity contribution in [3.63, 3.8) is 0 Å². The monoisotopic (exact) mass is 205 g/mol. The quantitative estimate of drug-likeness (QED) is 0.825.